The maximum absolute atomic E-state index is 12.4. The highest BCUT2D eigenvalue weighted by Crippen LogP contribution is 2.32. The third kappa shape index (κ3) is 3.18. The molecule has 4 rings (SSSR count). The summed E-state index contributed by atoms with van der Waals surface area (Å²) in [6.07, 6.45) is 10.5. The zero-order valence-corrected chi connectivity index (χ0v) is 13.3. The number of hydrogen-bond donors (Lipinski definition) is 1. The van der Waals surface area contributed by atoms with Gasteiger partial charge in [0.05, 0.1) is 24.8 Å². The van der Waals surface area contributed by atoms with Crippen LogP contribution in [0.3, 0.4) is 0 Å². The van der Waals surface area contributed by atoms with Gasteiger partial charge in [0.25, 0.3) is 5.91 Å². The Bertz CT molecular complexity index is 676. The lowest BCUT2D eigenvalue weighted by Gasteiger charge is -2.35. The topological polar surface area (TPSA) is 80.5 Å². The van der Waals surface area contributed by atoms with Crippen LogP contribution in [0, 0.1) is 0 Å². The lowest BCUT2D eigenvalue weighted by molar-refractivity contribution is -0.138. The molecule has 0 saturated carbocycles. The van der Waals surface area contributed by atoms with Gasteiger partial charge in [-0.2, -0.15) is 0 Å². The van der Waals surface area contributed by atoms with E-state index < -0.39 is 6.10 Å². The van der Waals surface area contributed by atoms with Gasteiger partial charge in [-0.15, -0.1) is 0 Å². The zero-order valence-electron chi connectivity index (χ0n) is 13.3. The Labute approximate surface area is 140 Å². The number of ether oxygens (including phenoxy) is 1. The Morgan fingerprint density at radius 1 is 1.33 bits per heavy atom. The number of rotatable bonds is 4. The predicted molar refractivity (Wildman–Crippen MR) is 86.1 cm³/mol. The first-order chi connectivity index (χ1) is 11.8. The summed E-state index contributed by atoms with van der Waals surface area (Å²) in [5, 5.41) is 2.78. The van der Waals surface area contributed by atoms with Crippen molar-refractivity contribution in [3.05, 3.63) is 42.7 Å². The molecule has 2 aliphatic heterocycles. The molecule has 2 aromatic heterocycles. The van der Waals surface area contributed by atoms with Gasteiger partial charge in [-0.05, 0) is 25.3 Å². The second kappa shape index (κ2) is 6.70. The number of nitrogens with one attached hydrogen (secondary N) is 1. The van der Waals surface area contributed by atoms with Crippen molar-refractivity contribution >= 4 is 11.7 Å². The van der Waals surface area contributed by atoms with Gasteiger partial charge >= 0.3 is 0 Å². The monoisotopic (exact) mass is 328 g/mol. The van der Waals surface area contributed by atoms with E-state index in [1.165, 1.54) is 11.8 Å². The predicted octanol–water partition coefficient (Wildman–Crippen LogP) is 1.83. The highest BCUT2D eigenvalue weighted by atomic mass is 16.5. The minimum absolute atomic E-state index is 0.114. The van der Waals surface area contributed by atoms with Crippen LogP contribution < -0.4 is 5.32 Å². The van der Waals surface area contributed by atoms with Crippen LogP contribution >= 0.6 is 0 Å². The Morgan fingerprint density at radius 2 is 2.29 bits per heavy atom. The van der Waals surface area contributed by atoms with Crippen LogP contribution in [0.1, 0.15) is 24.8 Å². The van der Waals surface area contributed by atoms with Gasteiger partial charge in [0.2, 0.25) is 0 Å². The van der Waals surface area contributed by atoms with Crippen LogP contribution in [0.25, 0.3) is 0 Å². The molecule has 0 bridgehead atoms. The number of amides is 1. The van der Waals surface area contributed by atoms with Crippen molar-refractivity contribution in [2.75, 3.05) is 11.9 Å². The quantitative estimate of drug-likeness (QED) is 0.922. The lowest BCUT2D eigenvalue weighted by Crippen LogP contribution is -2.46. The van der Waals surface area contributed by atoms with Crippen LogP contribution in [0.5, 0.6) is 0 Å². The van der Waals surface area contributed by atoms with Crippen molar-refractivity contribution in [2.45, 2.75) is 44.1 Å². The maximum Gasteiger partial charge on any atom is 0.254 e. The van der Waals surface area contributed by atoms with Gasteiger partial charge in [0.1, 0.15) is 6.10 Å². The van der Waals surface area contributed by atoms with Gasteiger partial charge < -0.3 is 14.5 Å². The summed E-state index contributed by atoms with van der Waals surface area (Å²) in [7, 11) is 0. The summed E-state index contributed by atoms with van der Waals surface area (Å²) in [5.41, 5.74) is 1.18. The average Bonchev–Trinajstić information content (AvgIpc) is 3.26. The number of carbonyl (C=O) groups excluding carboxylic acids is 1. The van der Waals surface area contributed by atoms with E-state index >= 15 is 0 Å². The molecule has 2 saturated heterocycles. The fourth-order valence-electron chi connectivity index (χ4n) is 3.59. The van der Waals surface area contributed by atoms with E-state index in [4.69, 9.17) is 9.15 Å². The Kier molecular flexibility index (Phi) is 4.27. The first-order valence-electron chi connectivity index (χ1n) is 8.27. The minimum Gasteiger partial charge on any atom is -0.472 e. The maximum atomic E-state index is 12.4. The SMILES string of the molecule is O=C(Nc1cnccn1)[C@@H]1CC[C@H]2[C@H](CCN2Cc2ccoc2)O1. The lowest BCUT2D eigenvalue weighted by atomic mass is 9.98. The second-order valence-electron chi connectivity index (χ2n) is 6.28. The van der Waals surface area contributed by atoms with Gasteiger partial charge in [-0.25, -0.2) is 4.98 Å². The van der Waals surface area contributed by atoms with Crippen LogP contribution in [0.15, 0.2) is 41.6 Å². The third-order valence-corrected chi connectivity index (χ3v) is 4.74. The summed E-state index contributed by atoms with van der Waals surface area (Å²) >= 11 is 0. The molecule has 7 nitrogen and oxygen atoms in total. The Balaban J connectivity index is 1.34. The van der Waals surface area contributed by atoms with Crippen molar-refractivity contribution in [3.63, 3.8) is 0 Å². The van der Waals surface area contributed by atoms with E-state index in [0.29, 0.717) is 11.9 Å². The number of nitrogens with zero attached hydrogens (tertiary/aromatic N) is 3. The molecule has 7 heteroatoms. The zero-order chi connectivity index (χ0) is 16.4. The van der Waals surface area contributed by atoms with Gasteiger partial charge in [-0.3, -0.25) is 14.7 Å². The molecule has 2 aromatic rings. The highest BCUT2D eigenvalue weighted by Gasteiger charge is 2.41. The van der Waals surface area contributed by atoms with Crippen LogP contribution in [0.4, 0.5) is 5.82 Å². The van der Waals surface area contributed by atoms with Crippen molar-refractivity contribution in [1.29, 1.82) is 0 Å². The molecule has 126 valence electrons. The van der Waals surface area contributed by atoms with Gasteiger partial charge in [0, 0.05) is 37.1 Å². The van der Waals surface area contributed by atoms with E-state index in [9.17, 15) is 4.79 Å². The van der Waals surface area contributed by atoms with E-state index in [0.717, 1.165) is 32.4 Å². The minimum atomic E-state index is -0.415. The smallest absolute Gasteiger partial charge is 0.254 e. The second-order valence-corrected chi connectivity index (χ2v) is 6.28. The van der Waals surface area contributed by atoms with E-state index in [1.54, 1.807) is 24.9 Å². The fraction of sp³-hybridized carbons (Fsp3) is 0.471. The molecular weight excluding hydrogens is 308 g/mol. The number of hydrogen-bond acceptors (Lipinski definition) is 6. The van der Waals surface area contributed by atoms with Crippen LogP contribution in [0.2, 0.25) is 0 Å². The highest BCUT2D eigenvalue weighted by molar-refractivity contribution is 5.93. The first-order valence-corrected chi connectivity index (χ1v) is 8.27. The molecule has 2 fully saturated rings. The Hall–Kier alpha value is -2.25. The summed E-state index contributed by atoms with van der Waals surface area (Å²) in [4.78, 5) is 22.8. The molecular formula is C17H20N4O3. The van der Waals surface area contributed by atoms with Gasteiger partial charge in [-0.1, -0.05) is 0 Å². The number of anilines is 1. The van der Waals surface area contributed by atoms with E-state index in [-0.39, 0.29) is 12.0 Å². The summed E-state index contributed by atoms with van der Waals surface area (Å²) in [5.74, 6) is 0.323. The molecule has 3 atom stereocenters. The fourth-order valence-corrected chi connectivity index (χ4v) is 3.59. The molecule has 0 unspecified atom stereocenters. The molecule has 0 spiro atoms. The normalized spacial score (nSPS) is 26.9. The van der Waals surface area contributed by atoms with E-state index in [2.05, 4.69) is 20.2 Å². The van der Waals surface area contributed by atoms with Crippen molar-refractivity contribution in [3.8, 4) is 0 Å². The van der Waals surface area contributed by atoms with Gasteiger partial charge in [0.15, 0.2) is 5.82 Å². The molecule has 24 heavy (non-hydrogen) atoms. The molecule has 2 aliphatic rings. The third-order valence-electron chi connectivity index (χ3n) is 4.74. The van der Waals surface area contributed by atoms with Crippen molar-refractivity contribution in [1.82, 2.24) is 14.9 Å². The molecule has 4 heterocycles. The number of aromatic nitrogens is 2. The van der Waals surface area contributed by atoms with E-state index in [1.807, 2.05) is 6.07 Å². The summed E-state index contributed by atoms with van der Waals surface area (Å²) in [6, 6.07) is 2.37. The number of carbonyl (C=O) groups is 1. The van der Waals surface area contributed by atoms with Crippen molar-refractivity contribution in [2.24, 2.45) is 0 Å². The molecule has 1 amide bonds. The largest absolute Gasteiger partial charge is 0.472 e. The summed E-state index contributed by atoms with van der Waals surface area (Å²) < 4.78 is 11.2. The van der Waals surface area contributed by atoms with Crippen LogP contribution in [-0.2, 0) is 16.1 Å². The Morgan fingerprint density at radius 3 is 3.08 bits per heavy atom. The van der Waals surface area contributed by atoms with Crippen LogP contribution in [-0.4, -0.2) is 45.6 Å². The first kappa shape index (κ1) is 15.3. The molecule has 1 N–H and O–H groups in total. The molecule has 0 aliphatic carbocycles. The molecule has 0 aromatic carbocycles. The number of likely N-dealkylation sites (tertiary alicyclic amines) is 1. The number of fused-ring (bicyclic) bond motifs is 1. The standard InChI is InChI=1S/C17H20N4O3/c22-17(20-16-9-18-5-6-19-16)15-2-1-13-14(24-15)3-7-21(13)10-12-4-8-23-11-12/h4-6,8-9,11,13-15H,1-3,7,10H2,(H,19,20,22)/t13-,14-,15-/m0/s1. The average molecular weight is 328 g/mol. The summed E-state index contributed by atoms with van der Waals surface area (Å²) in [6.45, 7) is 1.86. The number of furan rings is 1. The van der Waals surface area contributed by atoms with Crippen molar-refractivity contribution < 1.29 is 13.9 Å². The molecule has 0 radical (unpaired) electrons.